The van der Waals surface area contributed by atoms with Gasteiger partial charge in [0.25, 0.3) is 0 Å². The topological polar surface area (TPSA) is 15.3 Å². The van der Waals surface area contributed by atoms with Gasteiger partial charge < -0.3 is 10.2 Å². The Morgan fingerprint density at radius 1 is 1.00 bits per heavy atom. The van der Waals surface area contributed by atoms with Gasteiger partial charge in [-0.25, -0.2) is 0 Å². The summed E-state index contributed by atoms with van der Waals surface area (Å²) >= 11 is 0. The molecule has 17 heavy (non-hydrogen) atoms. The molecular weight excluding hydrogens is 208 g/mol. The average Bonchev–Trinajstić information content (AvgIpc) is 2.69. The van der Waals surface area contributed by atoms with Gasteiger partial charge in [-0.05, 0) is 24.6 Å². The van der Waals surface area contributed by atoms with Gasteiger partial charge >= 0.3 is 0 Å². The van der Waals surface area contributed by atoms with Gasteiger partial charge in [-0.1, -0.05) is 42.0 Å². The molecule has 0 radical (unpaired) electrons. The quantitative estimate of drug-likeness (QED) is 0.796. The summed E-state index contributed by atoms with van der Waals surface area (Å²) in [6, 6.07) is 17.1. The zero-order chi connectivity index (χ0) is 11.8. The summed E-state index contributed by atoms with van der Waals surface area (Å²) in [6.07, 6.45) is 0.244. The molecule has 1 N–H and O–H groups in total. The Morgan fingerprint density at radius 2 is 1.71 bits per heavy atom. The lowest BCUT2D eigenvalue weighted by Gasteiger charge is -2.22. The molecule has 2 aromatic rings. The van der Waals surface area contributed by atoms with Gasteiger partial charge in [-0.3, -0.25) is 0 Å². The molecule has 2 heteroatoms. The molecule has 1 heterocycles. The molecule has 2 nitrogen and oxygen atoms in total. The molecule has 0 saturated heterocycles. The second kappa shape index (κ2) is 3.81. The van der Waals surface area contributed by atoms with Crippen molar-refractivity contribution in [1.82, 2.24) is 0 Å². The van der Waals surface area contributed by atoms with E-state index in [0.717, 1.165) is 0 Å². The predicted molar refractivity (Wildman–Crippen MR) is 72.4 cm³/mol. The van der Waals surface area contributed by atoms with E-state index in [0.29, 0.717) is 0 Å². The van der Waals surface area contributed by atoms with Crippen molar-refractivity contribution in [3.05, 3.63) is 59.7 Å². The largest absolute Gasteiger partial charge is 0.360 e. The van der Waals surface area contributed by atoms with Crippen LogP contribution in [0.2, 0.25) is 0 Å². The van der Waals surface area contributed by atoms with Gasteiger partial charge in [0.05, 0.1) is 11.4 Å². The van der Waals surface area contributed by atoms with E-state index in [9.17, 15) is 0 Å². The molecule has 1 aliphatic rings. The molecular formula is C15H16N2. The van der Waals surface area contributed by atoms with Crippen molar-refractivity contribution in [2.45, 2.75) is 13.1 Å². The molecule has 0 spiro atoms. The van der Waals surface area contributed by atoms with E-state index in [1.54, 1.807) is 0 Å². The third kappa shape index (κ3) is 1.66. The fourth-order valence-electron chi connectivity index (χ4n) is 2.34. The van der Waals surface area contributed by atoms with Gasteiger partial charge in [-0.2, -0.15) is 0 Å². The Hall–Kier alpha value is -1.96. The van der Waals surface area contributed by atoms with Crippen LogP contribution in [-0.4, -0.2) is 7.05 Å². The summed E-state index contributed by atoms with van der Waals surface area (Å²) in [5.74, 6) is 0. The number of aryl methyl sites for hydroxylation is 1. The van der Waals surface area contributed by atoms with Crippen LogP contribution in [0.3, 0.4) is 0 Å². The smallest absolute Gasteiger partial charge is 0.125 e. The van der Waals surface area contributed by atoms with Crippen molar-refractivity contribution < 1.29 is 0 Å². The summed E-state index contributed by atoms with van der Waals surface area (Å²) in [7, 11) is 2.13. The van der Waals surface area contributed by atoms with Crippen LogP contribution in [0.5, 0.6) is 0 Å². The highest BCUT2D eigenvalue weighted by molar-refractivity contribution is 5.76. The minimum atomic E-state index is 0.244. The molecule has 1 unspecified atom stereocenters. The number of rotatable bonds is 1. The third-order valence-electron chi connectivity index (χ3n) is 3.36. The van der Waals surface area contributed by atoms with E-state index in [1.165, 1.54) is 22.5 Å². The van der Waals surface area contributed by atoms with Gasteiger partial charge in [0.15, 0.2) is 0 Å². The molecule has 86 valence electrons. The number of anilines is 2. The van der Waals surface area contributed by atoms with Crippen molar-refractivity contribution >= 4 is 11.4 Å². The predicted octanol–water partition coefficient (Wildman–Crippen LogP) is 3.56. The summed E-state index contributed by atoms with van der Waals surface area (Å²) < 4.78 is 0. The Labute approximate surface area is 102 Å². The highest BCUT2D eigenvalue weighted by Crippen LogP contribution is 2.39. The van der Waals surface area contributed by atoms with E-state index in [1.807, 2.05) is 0 Å². The van der Waals surface area contributed by atoms with E-state index in [2.05, 4.69) is 72.7 Å². The Bertz CT molecular complexity index is 531. The first-order valence-electron chi connectivity index (χ1n) is 5.91. The maximum absolute atomic E-state index is 3.55. The highest BCUT2D eigenvalue weighted by Gasteiger charge is 2.25. The number of para-hydroxylation sites is 2. The van der Waals surface area contributed by atoms with Crippen molar-refractivity contribution in [3.63, 3.8) is 0 Å². The fraction of sp³-hybridized carbons (Fsp3) is 0.200. The number of hydrogen-bond donors (Lipinski definition) is 1. The van der Waals surface area contributed by atoms with Crippen LogP contribution in [0.4, 0.5) is 11.4 Å². The minimum Gasteiger partial charge on any atom is -0.360 e. The van der Waals surface area contributed by atoms with E-state index < -0.39 is 0 Å². The Morgan fingerprint density at radius 3 is 2.41 bits per heavy atom. The van der Waals surface area contributed by atoms with Gasteiger partial charge in [0.1, 0.15) is 6.17 Å². The average molecular weight is 224 g/mol. The lowest BCUT2D eigenvalue weighted by molar-refractivity contribution is 0.792. The number of nitrogens with zero attached hydrogens (tertiary/aromatic N) is 1. The molecule has 1 atom stereocenters. The van der Waals surface area contributed by atoms with Crippen LogP contribution < -0.4 is 10.2 Å². The Kier molecular flexibility index (Phi) is 2.29. The first kappa shape index (κ1) is 10.2. The van der Waals surface area contributed by atoms with E-state index in [4.69, 9.17) is 0 Å². The van der Waals surface area contributed by atoms with E-state index in [-0.39, 0.29) is 6.17 Å². The number of fused-ring (bicyclic) bond motifs is 1. The molecule has 1 aliphatic heterocycles. The van der Waals surface area contributed by atoms with E-state index >= 15 is 0 Å². The van der Waals surface area contributed by atoms with Crippen LogP contribution in [0.15, 0.2) is 48.5 Å². The van der Waals surface area contributed by atoms with Crippen molar-refractivity contribution in [2.24, 2.45) is 0 Å². The molecule has 0 aromatic heterocycles. The lowest BCUT2D eigenvalue weighted by atomic mass is 10.1. The third-order valence-corrected chi connectivity index (χ3v) is 3.36. The molecule has 0 aliphatic carbocycles. The standard InChI is InChI=1S/C15H16N2/c1-11-7-9-12(10-8-11)15-16-13-5-3-4-6-14(13)17(15)2/h3-10,15-16H,1-2H3. The van der Waals surface area contributed by atoms with Crippen molar-refractivity contribution in [3.8, 4) is 0 Å². The van der Waals surface area contributed by atoms with Crippen LogP contribution in [0.25, 0.3) is 0 Å². The lowest BCUT2D eigenvalue weighted by Crippen LogP contribution is -2.23. The fourth-order valence-corrected chi connectivity index (χ4v) is 2.34. The number of hydrogen-bond acceptors (Lipinski definition) is 2. The van der Waals surface area contributed by atoms with Gasteiger partial charge in [0, 0.05) is 7.05 Å². The van der Waals surface area contributed by atoms with Crippen LogP contribution in [0, 0.1) is 6.92 Å². The van der Waals surface area contributed by atoms with Gasteiger partial charge in [-0.15, -0.1) is 0 Å². The SMILES string of the molecule is Cc1ccc(C2Nc3ccccc3N2C)cc1. The molecule has 0 fully saturated rings. The normalized spacial score (nSPS) is 17.8. The second-order valence-corrected chi connectivity index (χ2v) is 4.59. The first-order chi connectivity index (χ1) is 8.25. The molecule has 2 aromatic carbocycles. The minimum absolute atomic E-state index is 0.244. The summed E-state index contributed by atoms with van der Waals surface area (Å²) in [5, 5.41) is 3.55. The maximum Gasteiger partial charge on any atom is 0.125 e. The zero-order valence-electron chi connectivity index (χ0n) is 10.1. The molecule has 3 rings (SSSR count). The summed E-state index contributed by atoms with van der Waals surface area (Å²) in [4.78, 5) is 2.28. The number of nitrogens with one attached hydrogen (secondary N) is 1. The molecule has 0 amide bonds. The van der Waals surface area contributed by atoms with Gasteiger partial charge in [0.2, 0.25) is 0 Å². The highest BCUT2D eigenvalue weighted by atomic mass is 15.3. The zero-order valence-corrected chi connectivity index (χ0v) is 10.1. The van der Waals surface area contributed by atoms with Crippen LogP contribution in [0.1, 0.15) is 17.3 Å². The summed E-state index contributed by atoms with van der Waals surface area (Å²) in [6.45, 7) is 2.12. The van der Waals surface area contributed by atoms with Crippen LogP contribution >= 0.6 is 0 Å². The first-order valence-corrected chi connectivity index (χ1v) is 5.91. The van der Waals surface area contributed by atoms with Crippen molar-refractivity contribution in [2.75, 3.05) is 17.3 Å². The monoisotopic (exact) mass is 224 g/mol. The molecule has 0 saturated carbocycles. The van der Waals surface area contributed by atoms with Crippen LogP contribution in [-0.2, 0) is 0 Å². The Balaban J connectivity index is 1.96. The maximum atomic E-state index is 3.55. The second-order valence-electron chi connectivity index (χ2n) is 4.59. The summed E-state index contributed by atoms with van der Waals surface area (Å²) in [5.41, 5.74) is 5.07. The molecule has 0 bridgehead atoms. The van der Waals surface area contributed by atoms with Crippen molar-refractivity contribution in [1.29, 1.82) is 0 Å². The number of benzene rings is 2.